The minimum Gasteiger partial charge on any atom is -0.335 e. The van der Waals surface area contributed by atoms with Gasteiger partial charge in [0.25, 0.3) is 5.56 Å². The number of amides is 1. The summed E-state index contributed by atoms with van der Waals surface area (Å²) in [6.45, 7) is 2.77. The van der Waals surface area contributed by atoms with E-state index in [2.05, 4.69) is 32.5 Å². The van der Waals surface area contributed by atoms with Crippen molar-refractivity contribution in [3.05, 3.63) is 64.1 Å². The van der Waals surface area contributed by atoms with E-state index in [1.165, 1.54) is 11.6 Å². The second kappa shape index (κ2) is 6.80. The van der Waals surface area contributed by atoms with E-state index in [0.717, 1.165) is 25.3 Å². The first kappa shape index (κ1) is 16.0. The van der Waals surface area contributed by atoms with E-state index in [1.807, 2.05) is 18.2 Å². The lowest BCUT2D eigenvalue weighted by Crippen LogP contribution is -2.34. The first-order valence-corrected chi connectivity index (χ1v) is 8.82. The summed E-state index contributed by atoms with van der Waals surface area (Å²) in [6.07, 6.45) is 0.955. The van der Waals surface area contributed by atoms with Crippen LogP contribution in [-0.4, -0.2) is 40.6 Å². The zero-order valence-corrected chi connectivity index (χ0v) is 14.0. The average molecular weight is 338 g/mol. The summed E-state index contributed by atoms with van der Waals surface area (Å²) in [5, 5.41) is 9.88. The van der Waals surface area contributed by atoms with Gasteiger partial charge in [0.05, 0.1) is 11.7 Å². The molecule has 2 N–H and O–H groups in total. The first-order valence-electron chi connectivity index (χ1n) is 8.82. The fraction of sp³-hybridized carbons (Fsp3) is 0.421. The van der Waals surface area contributed by atoms with Crippen molar-refractivity contribution in [1.29, 1.82) is 0 Å². The highest BCUT2D eigenvalue weighted by Gasteiger charge is 2.46. The number of nitrogens with zero attached hydrogens (tertiary/aromatic N) is 2. The molecular formula is C19H22N4O2. The number of benzene rings is 1. The van der Waals surface area contributed by atoms with E-state index in [9.17, 15) is 9.59 Å². The molecule has 1 aromatic heterocycles. The Balaban J connectivity index is 1.50. The number of H-pyrrole nitrogens is 1. The largest absolute Gasteiger partial charge is 0.335 e. The summed E-state index contributed by atoms with van der Waals surface area (Å²) >= 11 is 0. The number of likely N-dealkylation sites (tertiary alicyclic amines) is 1. The average Bonchev–Trinajstić information content (AvgIpc) is 3.22. The number of aromatic nitrogens is 2. The summed E-state index contributed by atoms with van der Waals surface area (Å²) in [5.41, 5.74) is 1.73. The van der Waals surface area contributed by atoms with Crippen molar-refractivity contribution < 1.29 is 4.79 Å². The predicted octanol–water partition coefficient (Wildman–Crippen LogP) is 1.12. The summed E-state index contributed by atoms with van der Waals surface area (Å²) in [6, 6.07) is 13.6. The zero-order chi connectivity index (χ0) is 17.2. The van der Waals surface area contributed by atoms with Gasteiger partial charge in [0, 0.05) is 44.5 Å². The van der Waals surface area contributed by atoms with Crippen LogP contribution in [0.5, 0.6) is 0 Å². The Kier molecular flexibility index (Phi) is 4.36. The Morgan fingerprint density at radius 3 is 2.76 bits per heavy atom. The standard InChI is InChI=1S/C19H22N4O2/c24-17-8-6-15(21-22-17)7-9-18(25)23-12-14-10-20-11-16(14)19(23)13-4-2-1-3-5-13/h1-6,8,14,16,19-20H,7,9-12H2,(H,22,24)/t14-,16-,19-/m0/s1. The number of rotatable bonds is 4. The number of hydrogen-bond donors (Lipinski definition) is 2. The second-order valence-corrected chi connectivity index (χ2v) is 6.90. The molecular weight excluding hydrogens is 316 g/mol. The highest BCUT2D eigenvalue weighted by Crippen LogP contribution is 2.42. The fourth-order valence-electron chi connectivity index (χ4n) is 4.15. The van der Waals surface area contributed by atoms with Crippen molar-refractivity contribution in [3.8, 4) is 0 Å². The van der Waals surface area contributed by atoms with Crippen LogP contribution in [0.2, 0.25) is 0 Å². The molecule has 0 spiro atoms. The Morgan fingerprint density at radius 1 is 1.16 bits per heavy atom. The van der Waals surface area contributed by atoms with Gasteiger partial charge >= 0.3 is 0 Å². The Morgan fingerprint density at radius 2 is 2.00 bits per heavy atom. The quantitative estimate of drug-likeness (QED) is 0.876. The van der Waals surface area contributed by atoms with E-state index in [-0.39, 0.29) is 17.5 Å². The SMILES string of the molecule is O=C(CCc1ccc(=O)[nH]n1)N1C[C@@H]2CNC[C@@H]2[C@@H]1c1ccccc1. The smallest absolute Gasteiger partial charge is 0.264 e. The molecule has 130 valence electrons. The van der Waals surface area contributed by atoms with Crippen LogP contribution in [0.4, 0.5) is 0 Å². The summed E-state index contributed by atoms with van der Waals surface area (Å²) in [7, 11) is 0. The molecule has 4 rings (SSSR count). The molecule has 6 heteroatoms. The van der Waals surface area contributed by atoms with E-state index in [1.54, 1.807) is 6.07 Å². The lowest BCUT2D eigenvalue weighted by Gasteiger charge is -2.28. The van der Waals surface area contributed by atoms with Crippen molar-refractivity contribution in [3.63, 3.8) is 0 Å². The number of hydrogen-bond acceptors (Lipinski definition) is 4. The van der Waals surface area contributed by atoms with Gasteiger partial charge in [-0.1, -0.05) is 30.3 Å². The Labute approximate surface area is 146 Å². The van der Waals surface area contributed by atoms with Gasteiger partial charge in [-0.2, -0.15) is 5.10 Å². The lowest BCUT2D eigenvalue weighted by atomic mass is 9.89. The van der Waals surface area contributed by atoms with Crippen molar-refractivity contribution in [2.24, 2.45) is 11.8 Å². The third kappa shape index (κ3) is 3.22. The number of nitrogens with one attached hydrogen (secondary N) is 2. The van der Waals surface area contributed by atoms with Crippen molar-refractivity contribution in [1.82, 2.24) is 20.4 Å². The van der Waals surface area contributed by atoms with Crippen LogP contribution in [0.15, 0.2) is 47.3 Å². The van der Waals surface area contributed by atoms with E-state index in [4.69, 9.17) is 0 Å². The highest BCUT2D eigenvalue weighted by atomic mass is 16.2. The molecule has 2 aliphatic rings. The van der Waals surface area contributed by atoms with E-state index < -0.39 is 0 Å². The van der Waals surface area contributed by atoms with Gasteiger partial charge in [-0.05, 0) is 17.5 Å². The molecule has 25 heavy (non-hydrogen) atoms. The highest BCUT2D eigenvalue weighted by molar-refractivity contribution is 5.77. The molecule has 2 aromatic rings. The van der Waals surface area contributed by atoms with Gasteiger partial charge in [-0.15, -0.1) is 0 Å². The summed E-state index contributed by atoms with van der Waals surface area (Å²) in [5.74, 6) is 1.18. The number of fused-ring (bicyclic) bond motifs is 1. The van der Waals surface area contributed by atoms with Crippen molar-refractivity contribution in [2.45, 2.75) is 18.9 Å². The maximum Gasteiger partial charge on any atom is 0.264 e. The zero-order valence-electron chi connectivity index (χ0n) is 14.0. The molecule has 3 heterocycles. The monoisotopic (exact) mass is 338 g/mol. The Bertz CT molecular complexity index is 784. The lowest BCUT2D eigenvalue weighted by molar-refractivity contribution is -0.132. The summed E-state index contributed by atoms with van der Waals surface area (Å²) < 4.78 is 0. The molecule has 2 fully saturated rings. The molecule has 0 saturated carbocycles. The van der Waals surface area contributed by atoms with Crippen LogP contribution < -0.4 is 10.9 Å². The topological polar surface area (TPSA) is 78.1 Å². The van der Waals surface area contributed by atoms with Crippen LogP contribution in [0, 0.1) is 11.8 Å². The third-order valence-electron chi connectivity index (χ3n) is 5.36. The number of carbonyl (C=O) groups excluding carboxylic acids is 1. The molecule has 0 aliphatic carbocycles. The van der Waals surface area contributed by atoms with Crippen molar-refractivity contribution in [2.75, 3.05) is 19.6 Å². The molecule has 2 aliphatic heterocycles. The first-order chi connectivity index (χ1) is 12.2. The van der Waals surface area contributed by atoms with E-state index in [0.29, 0.717) is 24.7 Å². The molecule has 1 amide bonds. The summed E-state index contributed by atoms with van der Waals surface area (Å²) in [4.78, 5) is 26.0. The molecule has 0 bridgehead atoms. The van der Waals surface area contributed by atoms with E-state index >= 15 is 0 Å². The van der Waals surface area contributed by atoms with Crippen LogP contribution in [0.1, 0.15) is 23.7 Å². The normalized spacial score (nSPS) is 25.1. The maximum atomic E-state index is 12.9. The van der Waals surface area contributed by atoms with Gasteiger partial charge in [0.2, 0.25) is 5.91 Å². The molecule has 1 aromatic carbocycles. The van der Waals surface area contributed by atoms with Gasteiger partial charge in [0.15, 0.2) is 0 Å². The Hall–Kier alpha value is -2.47. The maximum absolute atomic E-state index is 12.9. The minimum atomic E-state index is -0.223. The van der Waals surface area contributed by atoms with Gasteiger partial charge in [0.1, 0.15) is 0 Å². The number of aryl methyl sites for hydroxylation is 1. The minimum absolute atomic E-state index is 0.150. The molecule has 2 saturated heterocycles. The van der Waals surface area contributed by atoms with Crippen LogP contribution >= 0.6 is 0 Å². The number of aromatic amines is 1. The molecule has 0 unspecified atom stereocenters. The van der Waals surface area contributed by atoms with Crippen molar-refractivity contribution >= 4 is 5.91 Å². The molecule has 3 atom stereocenters. The van der Waals surface area contributed by atoms with Gasteiger partial charge in [-0.25, -0.2) is 5.10 Å². The predicted molar refractivity (Wildman–Crippen MR) is 93.9 cm³/mol. The second-order valence-electron chi connectivity index (χ2n) is 6.90. The van der Waals surface area contributed by atoms with Gasteiger partial charge in [-0.3, -0.25) is 9.59 Å². The number of carbonyl (C=O) groups is 1. The fourth-order valence-corrected chi connectivity index (χ4v) is 4.15. The van der Waals surface area contributed by atoms with Crippen LogP contribution in [-0.2, 0) is 11.2 Å². The van der Waals surface area contributed by atoms with Gasteiger partial charge < -0.3 is 10.2 Å². The van der Waals surface area contributed by atoms with Crippen LogP contribution in [0.25, 0.3) is 0 Å². The molecule has 0 radical (unpaired) electrons. The molecule has 6 nitrogen and oxygen atoms in total. The third-order valence-corrected chi connectivity index (χ3v) is 5.36. The van der Waals surface area contributed by atoms with Crippen LogP contribution in [0.3, 0.4) is 0 Å².